The summed E-state index contributed by atoms with van der Waals surface area (Å²) in [6.07, 6.45) is 4.72. The molecule has 0 atom stereocenters. The smallest absolute Gasteiger partial charge is 0.341 e. The molecule has 0 saturated carbocycles. The fourth-order valence-corrected chi connectivity index (χ4v) is 1.49. The van der Waals surface area contributed by atoms with Crippen molar-refractivity contribution in [3.8, 4) is 0 Å². The Morgan fingerprint density at radius 2 is 2.18 bits per heavy atom. The van der Waals surface area contributed by atoms with Crippen LogP contribution in [0.5, 0.6) is 0 Å². The number of pyridine rings is 1. The molecule has 0 aromatic carbocycles. The Kier molecular flexibility index (Phi) is 3.04. The topological polar surface area (TPSA) is 80.0 Å². The zero-order valence-electron chi connectivity index (χ0n) is 9.29. The van der Waals surface area contributed by atoms with Crippen molar-refractivity contribution in [3.63, 3.8) is 0 Å². The molecule has 0 fully saturated rings. The highest BCUT2D eigenvalue weighted by atomic mass is 16.4. The average molecular weight is 232 g/mol. The van der Waals surface area contributed by atoms with Gasteiger partial charge in [0.05, 0.1) is 6.20 Å². The molecule has 17 heavy (non-hydrogen) atoms. The van der Waals surface area contributed by atoms with E-state index in [0.29, 0.717) is 12.4 Å². The van der Waals surface area contributed by atoms with Crippen molar-refractivity contribution in [1.82, 2.24) is 14.8 Å². The van der Waals surface area contributed by atoms with E-state index in [0.717, 1.165) is 5.56 Å². The van der Waals surface area contributed by atoms with E-state index in [4.69, 9.17) is 5.11 Å². The molecule has 2 N–H and O–H groups in total. The molecule has 0 unspecified atom stereocenters. The third kappa shape index (κ3) is 2.41. The molecule has 2 aromatic heterocycles. The third-order valence-corrected chi connectivity index (χ3v) is 2.38. The van der Waals surface area contributed by atoms with Gasteiger partial charge in [0, 0.05) is 26.0 Å². The van der Waals surface area contributed by atoms with Gasteiger partial charge in [-0.05, 0) is 17.7 Å². The minimum absolute atomic E-state index is 0.168. The van der Waals surface area contributed by atoms with E-state index >= 15 is 0 Å². The molecule has 0 bridgehead atoms. The first-order valence-electron chi connectivity index (χ1n) is 5.06. The summed E-state index contributed by atoms with van der Waals surface area (Å²) in [6.45, 7) is 0.530. The van der Waals surface area contributed by atoms with Crippen LogP contribution in [0, 0.1) is 0 Å². The van der Waals surface area contributed by atoms with E-state index in [2.05, 4.69) is 15.4 Å². The first-order valence-corrected chi connectivity index (χ1v) is 5.06. The van der Waals surface area contributed by atoms with Crippen LogP contribution in [0.4, 0.5) is 5.82 Å². The summed E-state index contributed by atoms with van der Waals surface area (Å²) in [5.74, 6) is -0.496. The Labute approximate surface area is 97.9 Å². The van der Waals surface area contributed by atoms with Gasteiger partial charge < -0.3 is 10.4 Å². The van der Waals surface area contributed by atoms with Gasteiger partial charge in [-0.3, -0.25) is 9.67 Å². The first kappa shape index (κ1) is 11.1. The Balaban J connectivity index is 2.14. The average Bonchev–Trinajstić information content (AvgIpc) is 2.69. The van der Waals surface area contributed by atoms with Gasteiger partial charge in [-0.2, -0.15) is 5.10 Å². The van der Waals surface area contributed by atoms with Crippen molar-refractivity contribution in [2.75, 3.05) is 5.32 Å². The maximum Gasteiger partial charge on any atom is 0.341 e. The molecule has 0 amide bonds. The Bertz CT molecular complexity index is 522. The van der Waals surface area contributed by atoms with Gasteiger partial charge in [0.1, 0.15) is 11.4 Å². The molecule has 6 nitrogen and oxygen atoms in total. The summed E-state index contributed by atoms with van der Waals surface area (Å²) in [7, 11) is 1.70. The van der Waals surface area contributed by atoms with Gasteiger partial charge in [0.25, 0.3) is 0 Å². The molecule has 0 saturated heterocycles. The highest BCUT2D eigenvalue weighted by molar-refractivity contribution is 5.92. The van der Waals surface area contributed by atoms with Gasteiger partial charge in [0.2, 0.25) is 0 Å². The molecule has 0 radical (unpaired) electrons. The lowest BCUT2D eigenvalue weighted by molar-refractivity contribution is 0.0698. The summed E-state index contributed by atoms with van der Waals surface area (Å²) >= 11 is 0. The predicted octanol–water partition coefficient (Wildman–Crippen LogP) is 1.13. The van der Waals surface area contributed by atoms with Crippen LogP contribution in [0.25, 0.3) is 0 Å². The number of hydrogen-bond acceptors (Lipinski definition) is 4. The largest absolute Gasteiger partial charge is 0.477 e. The predicted molar refractivity (Wildman–Crippen MR) is 61.7 cm³/mol. The monoisotopic (exact) mass is 232 g/mol. The van der Waals surface area contributed by atoms with Crippen LogP contribution in [0.2, 0.25) is 0 Å². The second-order valence-corrected chi connectivity index (χ2v) is 3.54. The molecule has 2 heterocycles. The summed E-state index contributed by atoms with van der Waals surface area (Å²) in [4.78, 5) is 14.9. The molecule has 2 aromatic rings. The molecule has 0 spiro atoms. The maximum absolute atomic E-state index is 10.9. The van der Waals surface area contributed by atoms with Gasteiger partial charge in [0.15, 0.2) is 0 Å². The van der Waals surface area contributed by atoms with E-state index in [9.17, 15) is 4.79 Å². The van der Waals surface area contributed by atoms with Crippen LogP contribution in [0.1, 0.15) is 15.9 Å². The van der Waals surface area contributed by atoms with E-state index in [-0.39, 0.29) is 5.56 Å². The number of carbonyl (C=O) groups is 1. The van der Waals surface area contributed by atoms with Crippen molar-refractivity contribution in [3.05, 3.63) is 41.9 Å². The number of nitrogens with zero attached hydrogens (tertiary/aromatic N) is 3. The fourth-order valence-electron chi connectivity index (χ4n) is 1.49. The van der Waals surface area contributed by atoms with E-state index in [1.807, 2.05) is 12.1 Å². The summed E-state index contributed by atoms with van der Waals surface area (Å²) in [5, 5.41) is 15.9. The van der Waals surface area contributed by atoms with Gasteiger partial charge in [-0.15, -0.1) is 0 Å². The summed E-state index contributed by atoms with van der Waals surface area (Å²) in [5.41, 5.74) is 1.19. The van der Waals surface area contributed by atoms with Crippen molar-refractivity contribution in [2.45, 2.75) is 6.54 Å². The summed E-state index contributed by atoms with van der Waals surface area (Å²) < 4.78 is 1.50. The Morgan fingerprint density at radius 3 is 2.82 bits per heavy atom. The number of carboxylic acids is 1. The Hall–Kier alpha value is -2.37. The fraction of sp³-hybridized carbons (Fsp3) is 0.182. The van der Waals surface area contributed by atoms with E-state index < -0.39 is 5.97 Å². The van der Waals surface area contributed by atoms with Gasteiger partial charge >= 0.3 is 5.97 Å². The highest BCUT2D eigenvalue weighted by Crippen LogP contribution is 2.14. The zero-order chi connectivity index (χ0) is 12.3. The third-order valence-electron chi connectivity index (χ3n) is 2.38. The van der Waals surface area contributed by atoms with Gasteiger partial charge in [-0.25, -0.2) is 4.79 Å². The van der Waals surface area contributed by atoms with Crippen molar-refractivity contribution in [2.24, 2.45) is 7.05 Å². The number of nitrogens with one attached hydrogen (secondary N) is 1. The minimum atomic E-state index is -0.990. The van der Waals surface area contributed by atoms with Crippen molar-refractivity contribution < 1.29 is 9.90 Å². The number of hydrogen-bond donors (Lipinski definition) is 2. The first-order chi connectivity index (χ1) is 8.18. The quantitative estimate of drug-likeness (QED) is 0.825. The number of aryl methyl sites for hydroxylation is 1. The van der Waals surface area contributed by atoms with Gasteiger partial charge in [-0.1, -0.05) is 0 Å². The number of aromatic carboxylic acids is 1. The lowest BCUT2D eigenvalue weighted by Crippen LogP contribution is -2.08. The second-order valence-electron chi connectivity index (χ2n) is 3.54. The lowest BCUT2D eigenvalue weighted by Gasteiger charge is -2.07. The molecule has 6 heteroatoms. The molecule has 2 rings (SSSR count). The molecular formula is C11H12N4O2. The van der Waals surface area contributed by atoms with Crippen LogP contribution in [0.15, 0.2) is 30.7 Å². The molecule has 88 valence electrons. The number of aromatic nitrogens is 3. The van der Waals surface area contributed by atoms with Crippen LogP contribution >= 0.6 is 0 Å². The van der Waals surface area contributed by atoms with Crippen LogP contribution in [-0.4, -0.2) is 25.8 Å². The minimum Gasteiger partial charge on any atom is -0.477 e. The van der Waals surface area contributed by atoms with E-state index in [1.165, 1.54) is 10.9 Å². The van der Waals surface area contributed by atoms with E-state index in [1.54, 1.807) is 19.4 Å². The highest BCUT2D eigenvalue weighted by Gasteiger charge is 2.14. The molecule has 0 aliphatic rings. The number of rotatable bonds is 4. The zero-order valence-corrected chi connectivity index (χ0v) is 9.29. The lowest BCUT2D eigenvalue weighted by atomic mass is 10.2. The molecule has 0 aliphatic carbocycles. The number of anilines is 1. The van der Waals surface area contributed by atoms with Crippen molar-refractivity contribution >= 4 is 11.8 Å². The molecular weight excluding hydrogens is 220 g/mol. The SMILES string of the molecule is Cn1ncc(C(=O)O)c1NCc1ccncc1. The van der Waals surface area contributed by atoms with Crippen LogP contribution < -0.4 is 5.32 Å². The van der Waals surface area contributed by atoms with Crippen molar-refractivity contribution in [1.29, 1.82) is 0 Å². The van der Waals surface area contributed by atoms with Crippen LogP contribution in [0.3, 0.4) is 0 Å². The number of carboxylic acid groups (broad SMARTS) is 1. The Morgan fingerprint density at radius 1 is 1.47 bits per heavy atom. The molecule has 0 aliphatic heterocycles. The standard InChI is InChI=1S/C11H12N4O2/c1-15-10(9(7-14-15)11(16)17)13-6-8-2-4-12-5-3-8/h2-5,7,13H,6H2,1H3,(H,16,17). The maximum atomic E-state index is 10.9. The second kappa shape index (κ2) is 4.65. The summed E-state index contributed by atoms with van der Waals surface area (Å²) in [6, 6.07) is 3.73. The normalized spacial score (nSPS) is 10.2. The van der Waals surface area contributed by atoms with Crippen LogP contribution in [-0.2, 0) is 13.6 Å².